The second-order valence-corrected chi connectivity index (χ2v) is 8.97. The van der Waals surface area contributed by atoms with E-state index in [1.165, 1.54) is 5.01 Å². The van der Waals surface area contributed by atoms with Crippen LogP contribution < -0.4 is 9.47 Å². The van der Waals surface area contributed by atoms with Crippen molar-refractivity contribution in [2.24, 2.45) is 0 Å². The number of nitrogens with zero attached hydrogens (tertiary/aromatic N) is 2. The highest BCUT2D eigenvalue weighted by molar-refractivity contribution is 7.99. The SMILES string of the molecule is Cc1csc([C@H]2CCCN(C(=O)CCSc3ccc4c(c3)OCCO4)C2)n1. The molecular formula is C20H24N2O3S2. The molecule has 0 N–H and O–H groups in total. The molecule has 0 spiro atoms. The quantitative estimate of drug-likeness (QED) is 0.702. The Morgan fingerprint density at radius 1 is 1.33 bits per heavy atom. The lowest BCUT2D eigenvalue weighted by atomic mass is 9.98. The fraction of sp³-hybridized carbons (Fsp3) is 0.500. The van der Waals surface area contributed by atoms with Gasteiger partial charge in [0.2, 0.25) is 5.91 Å². The van der Waals surface area contributed by atoms with E-state index in [0.29, 0.717) is 25.6 Å². The third-order valence-corrected chi connectivity index (χ3v) is 6.98. The molecule has 1 fully saturated rings. The molecule has 1 aromatic heterocycles. The van der Waals surface area contributed by atoms with E-state index in [4.69, 9.17) is 9.47 Å². The van der Waals surface area contributed by atoms with E-state index in [0.717, 1.165) is 53.8 Å². The fourth-order valence-corrected chi connectivity index (χ4v) is 5.29. The van der Waals surface area contributed by atoms with Crippen LogP contribution in [-0.2, 0) is 4.79 Å². The lowest BCUT2D eigenvalue weighted by Gasteiger charge is -2.32. The first kappa shape index (κ1) is 18.6. The predicted molar refractivity (Wildman–Crippen MR) is 108 cm³/mol. The van der Waals surface area contributed by atoms with Gasteiger partial charge < -0.3 is 14.4 Å². The number of amides is 1. The minimum absolute atomic E-state index is 0.248. The summed E-state index contributed by atoms with van der Waals surface area (Å²) in [4.78, 5) is 20.4. The highest BCUT2D eigenvalue weighted by Crippen LogP contribution is 2.34. The van der Waals surface area contributed by atoms with Crippen LogP contribution in [0.15, 0.2) is 28.5 Å². The van der Waals surface area contributed by atoms with Crippen molar-refractivity contribution in [2.75, 3.05) is 32.1 Å². The molecule has 3 heterocycles. The van der Waals surface area contributed by atoms with E-state index in [-0.39, 0.29) is 5.91 Å². The van der Waals surface area contributed by atoms with Gasteiger partial charge >= 0.3 is 0 Å². The topological polar surface area (TPSA) is 51.7 Å². The first-order valence-corrected chi connectivity index (χ1v) is 11.3. The second kappa shape index (κ2) is 8.52. The number of hydrogen-bond acceptors (Lipinski definition) is 6. The monoisotopic (exact) mass is 404 g/mol. The van der Waals surface area contributed by atoms with Crippen molar-refractivity contribution in [1.82, 2.24) is 9.88 Å². The van der Waals surface area contributed by atoms with Crippen molar-refractivity contribution in [2.45, 2.75) is 37.0 Å². The Hall–Kier alpha value is -1.73. The largest absolute Gasteiger partial charge is 0.486 e. The molecule has 4 rings (SSSR count). The fourth-order valence-electron chi connectivity index (χ4n) is 3.49. The van der Waals surface area contributed by atoms with Crippen molar-refractivity contribution in [3.63, 3.8) is 0 Å². The van der Waals surface area contributed by atoms with Crippen LogP contribution >= 0.6 is 23.1 Å². The van der Waals surface area contributed by atoms with Crippen molar-refractivity contribution in [1.29, 1.82) is 0 Å². The van der Waals surface area contributed by atoms with Crippen molar-refractivity contribution in [3.8, 4) is 11.5 Å². The zero-order chi connectivity index (χ0) is 18.6. The van der Waals surface area contributed by atoms with Gasteiger partial charge in [0.1, 0.15) is 13.2 Å². The normalized spacial score (nSPS) is 19.1. The highest BCUT2D eigenvalue weighted by atomic mass is 32.2. The first-order chi connectivity index (χ1) is 13.2. The Bertz CT molecular complexity index is 808. The summed E-state index contributed by atoms with van der Waals surface area (Å²) < 4.78 is 11.2. The minimum Gasteiger partial charge on any atom is -0.486 e. The molecule has 1 atom stereocenters. The highest BCUT2D eigenvalue weighted by Gasteiger charge is 2.26. The average molecular weight is 405 g/mol. The maximum Gasteiger partial charge on any atom is 0.223 e. The van der Waals surface area contributed by atoms with Crippen molar-refractivity contribution < 1.29 is 14.3 Å². The Morgan fingerprint density at radius 2 is 2.19 bits per heavy atom. The number of aryl methyl sites for hydroxylation is 1. The van der Waals surface area contributed by atoms with Crippen molar-refractivity contribution >= 4 is 29.0 Å². The molecule has 144 valence electrons. The molecule has 5 nitrogen and oxygen atoms in total. The van der Waals surface area contributed by atoms with Gasteiger partial charge in [-0.2, -0.15) is 0 Å². The standard InChI is InChI=1S/C20H24N2O3S2/c1-14-13-27-20(21-14)15-3-2-7-22(12-15)19(23)6-10-26-16-4-5-17-18(11-16)25-9-8-24-17/h4-5,11,13,15H,2-3,6-10,12H2,1H3/t15-/m0/s1. The first-order valence-electron chi connectivity index (χ1n) is 9.41. The molecule has 0 saturated carbocycles. The third-order valence-electron chi connectivity index (χ3n) is 4.86. The summed E-state index contributed by atoms with van der Waals surface area (Å²) >= 11 is 3.41. The summed E-state index contributed by atoms with van der Waals surface area (Å²) in [5.74, 6) is 3.02. The number of thioether (sulfide) groups is 1. The van der Waals surface area contributed by atoms with E-state index in [2.05, 4.69) is 10.4 Å². The van der Waals surface area contributed by atoms with Crippen LogP contribution in [0.2, 0.25) is 0 Å². The summed E-state index contributed by atoms with van der Waals surface area (Å²) in [6, 6.07) is 5.99. The van der Waals surface area contributed by atoms with Crippen LogP contribution in [0, 0.1) is 6.92 Å². The van der Waals surface area contributed by atoms with E-state index in [1.54, 1.807) is 23.1 Å². The summed E-state index contributed by atoms with van der Waals surface area (Å²) in [7, 11) is 0. The zero-order valence-electron chi connectivity index (χ0n) is 15.5. The molecule has 27 heavy (non-hydrogen) atoms. The number of ether oxygens (including phenoxy) is 2. The number of carbonyl (C=O) groups is 1. The summed E-state index contributed by atoms with van der Waals surface area (Å²) in [5.41, 5.74) is 1.08. The van der Waals surface area contributed by atoms with Crippen molar-refractivity contribution in [3.05, 3.63) is 34.3 Å². The molecule has 1 amide bonds. The van der Waals surface area contributed by atoms with Gasteiger partial charge in [0.15, 0.2) is 11.5 Å². The van der Waals surface area contributed by atoms with Gasteiger partial charge in [0, 0.05) is 47.2 Å². The third kappa shape index (κ3) is 4.58. The number of aromatic nitrogens is 1. The van der Waals surface area contributed by atoms with E-state index >= 15 is 0 Å². The summed E-state index contributed by atoms with van der Waals surface area (Å²) in [6.07, 6.45) is 2.75. The summed E-state index contributed by atoms with van der Waals surface area (Å²) in [5, 5.41) is 3.27. The molecule has 1 aromatic carbocycles. The smallest absolute Gasteiger partial charge is 0.223 e. The van der Waals surface area contributed by atoms with Gasteiger partial charge in [-0.3, -0.25) is 4.79 Å². The minimum atomic E-state index is 0.248. The van der Waals surface area contributed by atoms with Crippen LogP contribution in [0.25, 0.3) is 0 Å². The number of piperidine rings is 1. The number of likely N-dealkylation sites (tertiary alicyclic amines) is 1. The van der Waals surface area contributed by atoms with Gasteiger partial charge in [0.05, 0.1) is 5.01 Å². The Balaban J connectivity index is 1.27. The molecule has 0 radical (unpaired) electrons. The van der Waals surface area contributed by atoms with Gasteiger partial charge in [-0.05, 0) is 38.0 Å². The van der Waals surface area contributed by atoms with Crippen LogP contribution in [0.1, 0.15) is 35.9 Å². The molecule has 0 bridgehead atoms. The van der Waals surface area contributed by atoms with Crippen LogP contribution in [-0.4, -0.2) is 47.8 Å². The summed E-state index contributed by atoms with van der Waals surface area (Å²) in [6.45, 7) is 4.90. The molecular weight excluding hydrogens is 380 g/mol. The molecule has 2 aromatic rings. The van der Waals surface area contributed by atoms with Gasteiger partial charge in [-0.15, -0.1) is 23.1 Å². The molecule has 2 aliphatic rings. The van der Waals surface area contributed by atoms with E-state index in [9.17, 15) is 4.79 Å². The molecule has 0 aliphatic carbocycles. The zero-order valence-corrected chi connectivity index (χ0v) is 17.1. The number of benzene rings is 1. The lowest BCUT2D eigenvalue weighted by molar-refractivity contribution is -0.131. The number of rotatable bonds is 5. The number of hydrogen-bond donors (Lipinski definition) is 0. The van der Waals surface area contributed by atoms with E-state index in [1.807, 2.05) is 30.0 Å². The average Bonchev–Trinajstić information content (AvgIpc) is 3.14. The van der Waals surface area contributed by atoms with Crippen LogP contribution in [0.4, 0.5) is 0 Å². The predicted octanol–water partition coefficient (Wildman–Crippen LogP) is 4.11. The number of fused-ring (bicyclic) bond motifs is 1. The molecule has 0 unspecified atom stereocenters. The van der Waals surface area contributed by atoms with Crippen LogP contribution in [0.3, 0.4) is 0 Å². The maximum absolute atomic E-state index is 12.7. The van der Waals surface area contributed by atoms with E-state index < -0.39 is 0 Å². The van der Waals surface area contributed by atoms with Gasteiger partial charge in [-0.25, -0.2) is 4.98 Å². The maximum atomic E-state index is 12.7. The lowest BCUT2D eigenvalue weighted by Crippen LogP contribution is -2.39. The van der Waals surface area contributed by atoms with Gasteiger partial charge in [0.25, 0.3) is 0 Å². The Kier molecular flexibility index (Phi) is 5.88. The number of thiazole rings is 1. The van der Waals surface area contributed by atoms with Crippen LogP contribution in [0.5, 0.6) is 11.5 Å². The Morgan fingerprint density at radius 3 is 3.00 bits per heavy atom. The molecule has 2 aliphatic heterocycles. The second-order valence-electron chi connectivity index (χ2n) is 6.91. The molecule has 1 saturated heterocycles. The number of carbonyl (C=O) groups excluding carboxylic acids is 1. The Labute approximate surface area is 168 Å². The van der Waals surface area contributed by atoms with Gasteiger partial charge in [-0.1, -0.05) is 0 Å². The molecule has 7 heteroatoms.